The molecule has 0 aliphatic heterocycles. The Morgan fingerprint density at radius 3 is 2.37 bits per heavy atom. The number of carbonyl (C=O) groups is 1. The third kappa shape index (κ3) is 3.94. The average Bonchev–Trinajstić information content (AvgIpc) is 2.40. The van der Waals surface area contributed by atoms with E-state index in [9.17, 15) is 14.9 Å². The molecule has 1 aliphatic carbocycles. The van der Waals surface area contributed by atoms with E-state index >= 15 is 0 Å². The van der Waals surface area contributed by atoms with E-state index < -0.39 is 4.92 Å². The van der Waals surface area contributed by atoms with Crippen LogP contribution in [0.1, 0.15) is 32.1 Å². The highest BCUT2D eigenvalue weighted by atomic mass is 16.6. The minimum atomic E-state index is -0.466. The number of nitrogens with one attached hydrogen (secondary N) is 2. The van der Waals surface area contributed by atoms with Crippen molar-refractivity contribution in [3.8, 4) is 0 Å². The van der Waals surface area contributed by atoms with Gasteiger partial charge in [0.05, 0.1) is 4.92 Å². The summed E-state index contributed by atoms with van der Waals surface area (Å²) >= 11 is 0. The maximum atomic E-state index is 11.7. The van der Waals surface area contributed by atoms with Crippen LogP contribution in [0.25, 0.3) is 0 Å². The van der Waals surface area contributed by atoms with E-state index in [2.05, 4.69) is 10.6 Å². The topological polar surface area (TPSA) is 84.3 Å². The summed E-state index contributed by atoms with van der Waals surface area (Å²) in [5.74, 6) is 0. The van der Waals surface area contributed by atoms with Gasteiger partial charge < -0.3 is 10.6 Å². The number of rotatable bonds is 3. The lowest BCUT2D eigenvalue weighted by Gasteiger charge is -2.22. The van der Waals surface area contributed by atoms with Crippen LogP contribution in [0.5, 0.6) is 0 Å². The highest BCUT2D eigenvalue weighted by Crippen LogP contribution is 2.18. The molecule has 1 fully saturated rings. The van der Waals surface area contributed by atoms with Gasteiger partial charge in [-0.15, -0.1) is 0 Å². The van der Waals surface area contributed by atoms with Gasteiger partial charge in [0.15, 0.2) is 0 Å². The van der Waals surface area contributed by atoms with Crippen LogP contribution in [0, 0.1) is 10.1 Å². The van der Waals surface area contributed by atoms with Crippen LogP contribution in [-0.4, -0.2) is 17.0 Å². The van der Waals surface area contributed by atoms with Crippen molar-refractivity contribution in [1.29, 1.82) is 0 Å². The monoisotopic (exact) mass is 263 g/mol. The standard InChI is InChI=1S/C13H17N3O3/c17-13(14-10-4-2-1-3-5-10)15-11-6-8-12(9-7-11)16(18)19/h6-10H,1-5H2,(H2,14,15,17). The minimum absolute atomic E-state index is 0.0123. The fourth-order valence-corrected chi connectivity index (χ4v) is 2.27. The van der Waals surface area contributed by atoms with Crippen molar-refractivity contribution >= 4 is 17.4 Å². The van der Waals surface area contributed by atoms with E-state index in [-0.39, 0.29) is 17.8 Å². The van der Waals surface area contributed by atoms with Crippen molar-refractivity contribution in [1.82, 2.24) is 5.32 Å². The molecule has 2 amide bonds. The van der Waals surface area contributed by atoms with Crippen molar-refractivity contribution in [2.24, 2.45) is 0 Å². The molecule has 0 bridgehead atoms. The van der Waals surface area contributed by atoms with Crippen LogP contribution < -0.4 is 10.6 Å². The lowest BCUT2D eigenvalue weighted by molar-refractivity contribution is -0.384. The van der Waals surface area contributed by atoms with Gasteiger partial charge in [-0.05, 0) is 25.0 Å². The molecule has 0 radical (unpaired) electrons. The van der Waals surface area contributed by atoms with E-state index in [4.69, 9.17) is 0 Å². The first-order chi connectivity index (χ1) is 9.15. The summed E-state index contributed by atoms with van der Waals surface area (Å²) in [6, 6.07) is 5.79. The van der Waals surface area contributed by atoms with Crippen LogP contribution >= 0.6 is 0 Å². The summed E-state index contributed by atoms with van der Waals surface area (Å²) < 4.78 is 0. The predicted molar refractivity (Wildman–Crippen MR) is 72.1 cm³/mol. The Morgan fingerprint density at radius 2 is 1.79 bits per heavy atom. The van der Waals surface area contributed by atoms with Gasteiger partial charge in [0.2, 0.25) is 0 Å². The Morgan fingerprint density at radius 1 is 1.16 bits per heavy atom. The molecule has 1 aromatic rings. The molecule has 1 aliphatic rings. The van der Waals surface area contributed by atoms with Crippen molar-refractivity contribution in [3.05, 3.63) is 34.4 Å². The van der Waals surface area contributed by atoms with Crippen LogP contribution in [0.4, 0.5) is 16.2 Å². The first-order valence-corrected chi connectivity index (χ1v) is 6.47. The Bertz CT molecular complexity index is 453. The molecule has 2 N–H and O–H groups in total. The highest BCUT2D eigenvalue weighted by molar-refractivity contribution is 5.89. The van der Waals surface area contributed by atoms with E-state index in [1.807, 2.05) is 0 Å². The van der Waals surface area contributed by atoms with Gasteiger partial charge in [0.1, 0.15) is 0 Å². The van der Waals surface area contributed by atoms with Gasteiger partial charge in [0.25, 0.3) is 5.69 Å². The van der Waals surface area contributed by atoms with Gasteiger partial charge in [-0.2, -0.15) is 0 Å². The number of nitro groups is 1. The Balaban J connectivity index is 1.85. The highest BCUT2D eigenvalue weighted by Gasteiger charge is 2.15. The zero-order valence-electron chi connectivity index (χ0n) is 10.6. The van der Waals surface area contributed by atoms with Crippen LogP contribution in [-0.2, 0) is 0 Å². The van der Waals surface area contributed by atoms with Gasteiger partial charge in [0, 0.05) is 23.9 Å². The number of nitro benzene ring substituents is 1. The second-order valence-corrected chi connectivity index (χ2v) is 4.74. The Labute approximate surface area is 111 Å². The molecule has 6 heteroatoms. The van der Waals surface area contributed by atoms with E-state index in [1.54, 1.807) is 0 Å². The summed E-state index contributed by atoms with van der Waals surface area (Å²) in [6.07, 6.45) is 5.59. The molecular weight excluding hydrogens is 246 g/mol. The molecule has 0 saturated heterocycles. The predicted octanol–water partition coefficient (Wildman–Crippen LogP) is 3.05. The number of hydrogen-bond acceptors (Lipinski definition) is 3. The number of hydrogen-bond donors (Lipinski definition) is 2. The average molecular weight is 263 g/mol. The summed E-state index contributed by atoms with van der Waals surface area (Å²) in [7, 11) is 0. The maximum Gasteiger partial charge on any atom is 0.319 e. The largest absolute Gasteiger partial charge is 0.335 e. The molecule has 1 aromatic carbocycles. The lowest BCUT2D eigenvalue weighted by atomic mass is 9.96. The van der Waals surface area contributed by atoms with Gasteiger partial charge in [-0.25, -0.2) is 4.79 Å². The molecule has 102 valence electrons. The summed E-state index contributed by atoms with van der Waals surface area (Å²) in [6.45, 7) is 0. The van der Waals surface area contributed by atoms with Gasteiger partial charge >= 0.3 is 6.03 Å². The van der Waals surface area contributed by atoms with Crippen molar-refractivity contribution < 1.29 is 9.72 Å². The fraction of sp³-hybridized carbons (Fsp3) is 0.462. The second kappa shape index (κ2) is 6.17. The number of amides is 2. The molecule has 0 aromatic heterocycles. The SMILES string of the molecule is O=C(Nc1ccc([N+](=O)[O-])cc1)NC1CCCCC1. The Kier molecular flexibility index (Phi) is 4.33. The van der Waals surface area contributed by atoms with Gasteiger partial charge in [-0.1, -0.05) is 19.3 Å². The minimum Gasteiger partial charge on any atom is -0.335 e. The first-order valence-electron chi connectivity index (χ1n) is 6.47. The second-order valence-electron chi connectivity index (χ2n) is 4.74. The molecule has 0 atom stereocenters. The molecule has 0 unspecified atom stereocenters. The van der Waals surface area contributed by atoms with Gasteiger partial charge in [-0.3, -0.25) is 10.1 Å². The molecule has 1 saturated carbocycles. The van der Waals surface area contributed by atoms with Crippen LogP contribution in [0.15, 0.2) is 24.3 Å². The summed E-state index contributed by atoms with van der Waals surface area (Å²) in [5.41, 5.74) is 0.567. The van der Waals surface area contributed by atoms with Crippen molar-refractivity contribution in [3.63, 3.8) is 0 Å². The van der Waals surface area contributed by atoms with Crippen molar-refractivity contribution in [2.75, 3.05) is 5.32 Å². The number of non-ortho nitro benzene ring substituents is 1. The number of anilines is 1. The smallest absolute Gasteiger partial charge is 0.319 e. The van der Waals surface area contributed by atoms with E-state index in [1.165, 1.54) is 30.7 Å². The number of nitrogens with zero attached hydrogens (tertiary/aromatic N) is 1. The van der Waals surface area contributed by atoms with E-state index in [0.29, 0.717) is 5.69 Å². The third-order valence-corrected chi connectivity index (χ3v) is 3.28. The Hall–Kier alpha value is -2.11. The molecule has 6 nitrogen and oxygen atoms in total. The number of benzene rings is 1. The molecule has 0 heterocycles. The van der Waals surface area contributed by atoms with E-state index in [0.717, 1.165) is 25.7 Å². The van der Waals surface area contributed by atoms with Crippen LogP contribution in [0.3, 0.4) is 0 Å². The summed E-state index contributed by atoms with van der Waals surface area (Å²) in [5, 5.41) is 16.1. The maximum absolute atomic E-state index is 11.7. The van der Waals surface area contributed by atoms with Crippen molar-refractivity contribution in [2.45, 2.75) is 38.1 Å². The molecule has 2 rings (SSSR count). The zero-order chi connectivity index (χ0) is 13.7. The fourth-order valence-electron chi connectivity index (χ4n) is 2.27. The third-order valence-electron chi connectivity index (χ3n) is 3.28. The normalized spacial score (nSPS) is 15.8. The molecule has 0 spiro atoms. The zero-order valence-corrected chi connectivity index (χ0v) is 10.6. The summed E-state index contributed by atoms with van der Waals surface area (Å²) in [4.78, 5) is 21.8. The molecular formula is C13H17N3O3. The molecule has 19 heavy (non-hydrogen) atoms. The number of urea groups is 1. The number of carbonyl (C=O) groups excluding carboxylic acids is 1. The first kappa shape index (κ1) is 13.3. The quantitative estimate of drug-likeness (QED) is 0.649. The van der Waals surface area contributed by atoms with Crippen LogP contribution in [0.2, 0.25) is 0 Å². The lowest BCUT2D eigenvalue weighted by Crippen LogP contribution is -2.38.